The lowest BCUT2D eigenvalue weighted by atomic mass is 10.0. The number of nitrogens with zero attached hydrogens (tertiary/aromatic N) is 2. The van der Waals surface area contributed by atoms with Crippen molar-refractivity contribution in [3.05, 3.63) is 65.1 Å². The molecule has 0 fully saturated rings. The molecule has 20 heavy (non-hydrogen) atoms. The van der Waals surface area contributed by atoms with Crippen molar-refractivity contribution in [2.24, 2.45) is 0 Å². The van der Waals surface area contributed by atoms with Crippen molar-refractivity contribution in [2.75, 3.05) is 0 Å². The van der Waals surface area contributed by atoms with Gasteiger partial charge in [-0.15, -0.1) is 0 Å². The minimum absolute atomic E-state index is 0.0491. The average molecular weight is 289 g/mol. The van der Waals surface area contributed by atoms with Crippen LogP contribution in [0.5, 0.6) is 0 Å². The lowest BCUT2D eigenvalue weighted by molar-refractivity contribution is 0.523. The summed E-state index contributed by atoms with van der Waals surface area (Å²) in [5, 5.41) is 6.16. The summed E-state index contributed by atoms with van der Waals surface area (Å²) in [6, 6.07) is 12.4. The molecule has 0 radical (unpaired) electrons. The third kappa shape index (κ3) is 2.18. The molecule has 102 valence electrons. The van der Waals surface area contributed by atoms with Gasteiger partial charge in [0.2, 0.25) is 0 Å². The molecule has 2 nitrogen and oxygen atoms in total. The molecule has 0 N–H and O–H groups in total. The zero-order valence-corrected chi connectivity index (χ0v) is 11.8. The van der Waals surface area contributed by atoms with E-state index in [1.165, 1.54) is 12.1 Å². The van der Waals surface area contributed by atoms with Gasteiger partial charge in [-0.25, -0.2) is 4.39 Å². The number of hydrogen-bond donors (Lipinski definition) is 0. The van der Waals surface area contributed by atoms with Crippen molar-refractivity contribution < 1.29 is 4.39 Å². The molecule has 1 atom stereocenters. The predicted octanol–water partition coefficient (Wildman–Crippen LogP) is 4.83. The van der Waals surface area contributed by atoms with Gasteiger partial charge in [-0.05, 0) is 30.2 Å². The first-order valence-corrected chi connectivity index (χ1v) is 6.95. The summed E-state index contributed by atoms with van der Waals surface area (Å²) in [5.41, 5.74) is 1.95. The van der Waals surface area contributed by atoms with Crippen molar-refractivity contribution in [3.63, 3.8) is 0 Å². The highest BCUT2D eigenvalue weighted by Crippen LogP contribution is 2.30. The van der Waals surface area contributed by atoms with Crippen LogP contribution in [0.25, 0.3) is 10.9 Å². The summed E-state index contributed by atoms with van der Waals surface area (Å²) in [6.45, 7) is 2.08. The molecule has 3 rings (SSSR count). The summed E-state index contributed by atoms with van der Waals surface area (Å²) >= 11 is 6.30. The number of aromatic nitrogens is 2. The molecular formula is C16H14ClFN2. The van der Waals surface area contributed by atoms with Crippen LogP contribution < -0.4 is 0 Å². The van der Waals surface area contributed by atoms with E-state index in [4.69, 9.17) is 11.6 Å². The maximum absolute atomic E-state index is 13.1. The first-order chi connectivity index (χ1) is 9.70. The molecule has 0 aliphatic carbocycles. The predicted molar refractivity (Wildman–Crippen MR) is 79.6 cm³/mol. The van der Waals surface area contributed by atoms with Gasteiger partial charge in [-0.1, -0.05) is 42.8 Å². The van der Waals surface area contributed by atoms with E-state index in [0.717, 1.165) is 22.9 Å². The minimum Gasteiger partial charge on any atom is -0.256 e. The van der Waals surface area contributed by atoms with Gasteiger partial charge in [0.05, 0.1) is 22.8 Å². The van der Waals surface area contributed by atoms with Gasteiger partial charge >= 0.3 is 0 Å². The van der Waals surface area contributed by atoms with E-state index in [1.807, 2.05) is 29.1 Å². The van der Waals surface area contributed by atoms with Crippen LogP contribution in [-0.2, 0) is 0 Å². The van der Waals surface area contributed by atoms with Gasteiger partial charge in [0.25, 0.3) is 0 Å². The lowest BCUT2D eigenvalue weighted by Crippen LogP contribution is -2.11. The summed E-state index contributed by atoms with van der Waals surface area (Å²) in [6.07, 6.45) is 2.67. The Balaban J connectivity index is 2.14. The SMILES string of the molecule is CCC(c1ccc(F)cc1)n1ncc2cccc(Cl)c21. The minimum atomic E-state index is -0.230. The molecule has 1 heterocycles. The largest absolute Gasteiger partial charge is 0.256 e. The molecule has 2 aromatic carbocycles. The highest BCUT2D eigenvalue weighted by atomic mass is 35.5. The van der Waals surface area contributed by atoms with Crippen LogP contribution in [0.15, 0.2) is 48.7 Å². The molecule has 0 amide bonds. The standard InChI is InChI=1S/C16H14ClFN2/c1-2-15(11-6-8-13(18)9-7-11)20-16-12(10-19-20)4-3-5-14(16)17/h3-10,15H,2H2,1H3. The van der Waals surface area contributed by atoms with Crippen molar-refractivity contribution in [2.45, 2.75) is 19.4 Å². The molecule has 0 saturated heterocycles. The van der Waals surface area contributed by atoms with E-state index >= 15 is 0 Å². The Labute approximate surface area is 121 Å². The Hall–Kier alpha value is -1.87. The maximum atomic E-state index is 13.1. The fourth-order valence-electron chi connectivity index (χ4n) is 2.53. The van der Waals surface area contributed by atoms with Crippen molar-refractivity contribution in [1.82, 2.24) is 9.78 Å². The van der Waals surface area contributed by atoms with Crippen LogP contribution in [-0.4, -0.2) is 9.78 Å². The number of para-hydroxylation sites is 1. The number of halogens is 2. The van der Waals surface area contributed by atoms with Crippen LogP contribution in [0.3, 0.4) is 0 Å². The smallest absolute Gasteiger partial charge is 0.123 e. The summed E-state index contributed by atoms with van der Waals surface area (Å²) < 4.78 is 15.0. The number of rotatable bonds is 3. The van der Waals surface area contributed by atoms with E-state index in [1.54, 1.807) is 12.1 Å². The van der Waals surface area contributed by atoms with Crippen LogP contribution in [0.1, 0.15) is 24.9 Å². The Morgan fingerprint density at radius 3 is 2.65 bits per heavy atom. The normalized spacial score (nSPS) is 12.8. The van der Waals surface area contributed by atoms with E-state index in [2.05, 4.69) is 12.0 Å². The second-order valence-corrected chi connectivity index (χ2v) is 5.15. The first kappa shape index (κ1) is 13.1. The lowest BCUT2D eigenvalue weighted by Gasteiger charge is -2.18. The Kier molecular flexibility index (Phi) is 3.45. The molecule has 4 heteroatoms. The molecule has 0 aliphatic heterocycles. The maximum Gasteiger partial charge on any atom is 0.123 e. The zero-order valence-electron chi connectivity index (χ0n) is 11.1. The van der Waals surface area contributed by atoms with Gasteiger partial charge in [-0.2, -0.15) is 5.10 Å². The molecule has 1 unspecified atom stereocenters. The van der Waals surface area contributed by atoms with Crippen LogP contribution in [0, 0.1) is 5.82 Å². The van der Waals surface area contributed by atoms with E-state index < -0.39 is 0 Å². The Morgan fingerprint density at radius 2 is 1.95 bits per heavy atom. The van der Waals surface area contributed by atoms with Crippen molar-refractivity contribution in [3.8, 4) is 0 Å². The van der Waals surface area contributed by atoms with Gasteiger partial charge in [0.1, 0.15) is 5.82 Å². The topological polar surface area (TPSA) is 17.8 Å². The van der Waals surface area contributed by atoms with Crippen LogP contribution >= 0.6 is 11.6 Å². The fraction of sp³-hybridized carbons (Fsp3) is 0.188. The monoisotopic (exact) mass is 288 g/mol. The summed E-state index contributed by atoms with van der Waals surface area (Å²) in [5.74, 6) is -0.230. The second-order valence-electron chi connectivity index (χ2n) is 4.74. The zero-order chi connectivity index (χ0) is 14.1. The number of fused-ring (bicyclic) bond motifs is 1. The third-order valence-electron chi connectivity index (χ3n) is 3.51. The summed E-state index contributed by atoms with van der Waals surface area (Å²) in [7, 11) is 0. The highest BCUT2D eigenvalue weighted by Gasteiger charge is 2.16. The van der Waals surface area contributed by atoms with Gasteiger partial charge in [-0.3, -0.25) is 4.68 Å². The van der Waals surface area contributed by atoms with Gasteiger partial charge in [0, 0.05) is 5.39 Å². The van der Waals surface area contributed by atoms with E-state index in [9.17, 15) is 4.39 Å². The van der Waals surface area contributed by atoms with Crippen molar-refractivity contribution in [1.29, 1.82) is 0 Å². The molecule has 1 aromatic heterocycles. The molecule has 0 saturated carbocycles. The van der Waals surface area contributed by atoms with Crippen LogP contribution in [0.2, 0.25) is 5.02 Å². The molecular weight excluding hydrogens is 275 g/mol. The Bertz CT molecular complexity index is 734. The fourth-order valence-corrected chi connectivity index (χ4v) is 2.80. The first-order valence-electron chi connectivity index (χ1n) is 6.58. The third-order valence-corrected chi connectivity index (χ3v) is 3.81. The highest BCUT2D eigenvalue weighted by molar-refractivity contribution is 6.35. The molecule has 0 spiro atoms. The van der Waals surface area contributed by atoms with Gasteiger partial charge in [0.15, 0.2) is 0 Å². The molecule has 0 bridgehead atoms. The second kappa shape index (κ2) is 5.25. The average Bonchev–Trinajstić information content (AvgIpc) is 2.87. The van der Waals surface area contributed by atoms with Crippen molar-refractivity contribution >= 4 is 22.5 Å². The number of hydrogen-bond acceptors (Lipinski definition) is 1. The molecule has 3 aromatic rings. The van der Waals surface area contributed by atoms with E-state index in [0.29, 0.717) is 5.02 Å². The quantitative estimate of drug-likeness (QED) is 0.675. The van der Waals surface area contributed by atoms with Gasteiger partial charge < -0.3 is 0 Å². The molecule has 0 aliphatic rings. The van der Waals surface area contributed by atoms with Crippen LogP contribution in [0.4, 0.5) is 4.39 Å². The number of benzene rings is 2. The Morgan fingerprint density at radius 1 is 1.20 bits per heavy atom. The van der Waals surface area contributed by atoms with E-state index in [-0.39, 0.29) is 11.9 Å². The summed E-state index contributed by atoms with van der Waals surface area (Å²) in [4.78, 5) is 0.